The number of aryl methyl sites for hydroxylation is 2. The Morgan fingerprint density at radius 2 is 1.83 bits per heavy atom. The summed E-state index contributed by atoms with van der Waals surface area (Å²) in [5.41, 5.74) is 5.56. The van der Waals surface area contributed by atoms with Gasteiger partial charge in [0.05, 0.1) is 12.1 Å². The number of carbonyl (C=O) groups excluding carboxylic acids is 1. The molecule has 7 nitrogen and oxygen atoms in total. The molecule has 0 saturated heterocycles. The van der Waals surface area contributed by atoms with Crippen molar-refractivity contribution in [2.75, 3.05) is 6.61 Å². The van der Waals surface area contributed by atoms with Gasteiger partial charge in [0.15, 0.2) is 5.84 Å². The second-order valence-electron chi connectivity index (χ2n) is 9.45. The minimum Gasteiger partial charge on any atom is -0.492 e. The maximum absolute atomic E-state index is 13.0. The molecule has 0 bridgehead atoms. The third-order valence-electron chi connectivity index (χ3n) is 6.31. The first-order valence-electron chi connectivity index (χ1n) is 12.0. The van der Waals surface area contributed by atoms with E-state index in [9.17, 15) is 4.79 Å². The molecule has 184 valence electrons. The molecule has 3 aromatic rings. The second-order valence-corrected chi connectivity index (χ2v) is 10.4. The summed E-state index contributed by atoms with van der Waals surface area (Å²) < 4.78 is 8.28. The molecule has 1 amide bonds. The van der Waals surface area contributed by atoms with Crippen molar-refractivity contribution in [3.05, 3.63) is 70.4 Å². The summed E-state index contributed by atoms with van der Waals surface area (Å²) in [5.74, 6) is 0.712. The molecule has 0 fully saturated rings. The molecule has 36 heavy (non-hydrogen) atoms. The molecule has 5 rings (SSSR count). The van der Waals surface area contributed by atoms with E-state index < -0.39 is 5.91 Å². The van der Waals surface area contributed by atoms with Crippen LogP contribution in [0, 0.1) is 32.1 Å². The number of amidine groups is 2. The number of rotatable bonds is 6. The lowest BCUT2D eigenvalue weighted by molar-refractivity contribution is -0.114. The Labute approximate surface area is 215 Å². The molecule has 3 heterocycles. The molecular formula is C28H29N5O2S. The predicted molar refractivity (Wildman–Crippen MR) is 148 cm³/mol. The van der Waals surface area contributed by atoms with Gasteiger partial charge < -0.3 is 9.30 Å². The first-order chi connectivity index (χ1) is 17.2. The van der Waals surface area contributed by atoms with Gasteiger partial charge in [-0.1, -0.05) is 38.1 Å². The number of amides is 1. The predicted octanol–water partition coefficient (Wildman–Crippen LogP) is 5.92. The number of benzene rings is 2. The quantitative estimate of drug-likeness (QED) is 0.427. The van der Waals surface area contributed by atoms with Crippen LogP contribution in [0.2, 0.25) is 0 Å². The largest absolute Gasteiger partial charge is 0.492 e. The normalized spacial score (nSPS) is 16.7. The van der Waals surface area contributed by atoms with E-state index in [-0.39, 0.29) is 17.3 Å². The summed E-state index contributed by atoms with van der Waals surface area (Å²) in [6.07, 6.45) is 1.79. The third kappa shape index (κ3) is 4.37. The van der Waals surface area contributed by atoms with Crippen LogP contribution in [0.3, 0.4) is 0 Å². The Morgan fingerprint density at radius 1 is 1.11 bits per heavy atom. The minimum atomic E-state index is -0.409. The van der Waals surface area contributed by atoms with Crippen molar-refractivity contribution in [1.82, 2.24) is 9.58 Å². The molecule has 8 heteroatoms. The molecule has 1 N–H and O–H groups in total. The summed E-state index contributed by atoms with van der Waals surface area (Å²) in [4.78, 5) is 17.2. The van der Waals surface area contributed by atoms with Crippen molar-refractivity contribution in [2.24, 2.45) is 16.0 Å². The molecule has 2 aliphatic rings. The van der Waals surface area contributed by atoms with Crippen LogP contribution >= 0.6 is 11.8 Å². The van der Waals surface area contributed by atoms with Crippen LogP contribution in [-0.2, 0) is 11.3 Å². The van der Waals surface area contributed by atoms with Crippen LogP contribution in [0.15, 0.2) is 58.1 Å². The van der Waals surface area contributed by atoms with Crippen molar-refractivity contribution < 1.29 is 9.53 Å². The van der Waals surface area contributed by atoms with E-state index in [1.807, 2.05) is 51.1 Å². The van der Waals surface area contributed by atoms with E-state index in [1.165, 1.54) is 27.9 Å². The van der Waals surface area contributed by atoms with E-state index in [1.54, 1.807) is 6.08 Å². The highest BCUT2D eigenvalue weighted by atomic mass is 32.2. The number of fused-ring (bicyclic) bond motifs is 2. The van der Waals surface area contributed by atoms with Gasteiger partial charge in [-0.05, 0) is 67.9 Å². The number of hydrazone groups is 1. The van der Waals surface area contributed by atoms with Gasteiger partial charge in [0, 0.05) is 28.1 Å². The molecule has 0 atom stereocenters. The lowest BCUT2D eigenvalue weighted by Gasteiger charge is -2.20. The first-order valence-corrected chi connectivity index (χ1v) is 12.8. The number of hydrogen-bond acceptors (Lipinski definition) is 5. The topological polar surface area (TPSA) is 83.0 Å². The van der Waals surface area contributed by atoms with Crippen LogP contribution in [0.1, 0.15) is 36.2 Å². The van der Waals surface area contributed by atoms with Crippen LogP contribution in [0.4, 0.5) is 0 Å². The highest BCUT2D eigenvalue weighted by Gasteiger charge is 2.36. The SMILES string of the molecule is Cc1cc(C)cc(OCCn2c(C)c(/C=C3/C(=N)N4N=C(C(C)C)SC4=NC3=O)c3ccccc32)c1. The van der Waals surface area contributed by atoms with E-state index in [0.29, 0.717) is 18.3 Å². The van der Waals surface area contributed by atoms with E-state index >= 15 is 0 Å². The highest BCUT2D eigenvalue weighted by Crippen LogP contribution is 2.33. The highest BCUT2D eigenvalue weighted by molar-refractivity contribution is 8.27. The fourth-order valence-corrected chi connectivity index (χ4v) is 5.48. The zero-order chi connectivity index (χ0) is 25.6. The summed E-state index contributed by atoms with van der Waals surface area (Å²) in [6, 6.07) is 14.3. The van der Waals surface area contributed by atoms with Gasteiger partial charge in [-0.25, -0.2) is 0 Å². The summed E-state index contributed by atoms with van der Waals surface area (Å²) in [5, 5.41) is 17.0. The smallest absolute Gasteiger partial charge is 0.283 e. The number of aromatic nitrogens is 1. The molecule has 1 aromatic heterocycles. The molecule has 0 aliphatic carbocycles. The summed E-state index contributed by atoms with van der Waals surface area (Å²) in [6.45, 7) is 11.4. The Balaban J connectivity index is 1.47. The van der Waals surface area contributed by atoms with Crippen molar-refractivity contribution in [3.8, 4) is 5.75 Å². The number of ether oxygens (including phenoxy) is 1. The van der Waals surface area contributed by atoms with Crippen LogP contribution < -0.4 is 4.74 Å². The van der Waals surface area contributed by atoms with Crippen molar-refractivity contribution in [1.29, 1.82) is 5.41 Å². The lowest BCUT2D eigenvalue weighted by atomic mass is 10.1. The molecule has 2 aliphatic heterocycles. The third-order valence-corrected chi connectivity index (χ3v) is 7.52. The van der Waals surface area contributed by atoms with Gasteiger partial charge in [0.25, 0.3) is 5.91 Å². The zero-order valence-electron chi connectivity index (χ0n) is 21.1. The molecular weight excluding hydrogens is 470 g/mol. The standard InChI is InChI=1S/C28H29N5O2S/c1-16(2)27-31-33-25(29)23(26(34)30-28(33)36-27)15-22-19(5)32(24-9-7-6-8-21(22)24)10-11-35-20-13-17(3)12-18(4)14-20/h6-9,12-16,29H,10-11H2,1-5H3/b23-15-,29-25?. The van der Waals surface area contributed by atoms with Gasteiger partial charge in [-0.3, -0.25) is 10.2 Å². The monoisotopic (exact) mass is 499 g/mol. The maximum Gasteiger partial charge on any atom is 0.283 e. The van der Waals surface area contributed by atoms with Crippen LogP contribution in [-0.4, -0.2) is 38.1 Å². The average Bonchev–Trinajstić information content (AvgIpc) is 3.36. The average molecular weight is 500 g/mol. The summed E-state index contributed by atoms with van der Waals surface area (Å²) >= 11 is 1.36. The molecule has 0 radical (unpaired) electrons. The van der Waals surface area contributed by atoms with Crippen LogP contribution in [0.25, 0.3) is 17.0 Å². The van der Waals surface area contributed by atoms with Crippen LogP contribution in [0.5, 0.6) is 5.75 Å². The Morgan fingerprint density at radius 3 is 2.56 bits per heavy atom. The van der Waals surface area contributed by atoms with E-state index in [0.717, 1.165) is 33.0 Å². The molecule has 2 aromatic carbocycles. The number of carbonyl (C=O) groups is 1. The zero-order valence-corrected chi connectivity index (χ0v) is 21.9. The van der Waals surface area contributed by atoms with E-state index in [2.05, 4.69) is 40.6 Å². The minimum absolute atomic E-state index is 0.0579. The van der Waals surface area contributed by atoms with Gasteiger partial charge in [-0.2, -0.15) is 15.1 Å². The fraction of sp³-hybridized carbons (Fsp3) is 0.286. The Kier molecular flexibility index (Phi) is 6.30. The number of thioether (sulfide) groups is 1. The van der Waals surface area contributed by atoms with Crippen molar-refractivity contribution >= 4 is 50.7 Å². The fourth-order valence-electron chi connectivity index (χ4n) is 4.58. The number of nitrogens with zero attached hydrogens (tertiary/aromatic N) is 4. The second kappa shape index (κ2) is 9.43. The lowest BCUT2D eigenvalue weighted by Crippen LogP contribution is -2.35. The van der Waals surface area contributed by atoms with Gasteiger partial charge in [-0.15, -0.1) is 0 Å². The number of hydrogen-bond donors (Lipinski definition) is 1. The van der Waals surface area contributed by atoms with E-state index in [4.69, 9.17) is 10.1 Å². The van der Waals surface area contributed by atoms with Crippen molar-refractivity contribution in [3.63, 3.8) is 0 Å². The Bertz CT molecular complexity index is 1470. The Hall–Kier alpha value is -3.65. The molecule has 0 spiro atoms. The van der Waals surface area contributed by atoms with Gasteiger partial charge in [0.1, 0.15) is 17.4 Å². The first kappa shape index (κ1) is 24.1. The van der Waals surface area contributed by atoms with Gasteiger partial charge >= 0.3 is 0 Å². The van der Waals surface area contributed by atoms with Gasteiger partial charge in [0.2, 0.25) is 5.17 Å². The number of aliphatic imine (C=N–C) groups is 1. The molecule has 0 unspecified atom stereocenters. The maximum atomic E-state index is 13.0. The number of nitrogens with one attached hydrogen (secondary N) is 1. The molecule has 0 saturated carbocycles. The number of para-hydroxylation sites is 1. The summed E-state index contributed by atoms with van der Waals surface area (Å²) in [7, 11) is 0. The van der Waals surface area contributed by atoms with Crippen molar-refractivity contribution in [2.45, 2.75) is 41.2 Å².